The summed E-state index contributed by atoms with van der Waals surface area (Å²) in [7, 11) is 1.54. The van der Waals surface area contributed by atoms with E-state index in [4.69, 9.17) is 14.9 Å². The van der Waals surface area contributed by atoms with Gasteiger partial charge in [0, 0.05) is 6.04 Å². The molecule has 0 aromatic heterocycles. The average Bonchev–Trinajstić information content (AvgIpc) is 2.36. The summed E-state index contributed by atoms with van der Waals surface area (Å²) in [6.45, 7) is 1.11. The highest BCUT2D eigenvalue weighted by Crippen LogP contribution is 2.23. The Kier molecular flexibility index (Phi) is 5.32. The van der Waals surface area contributed by atoms with E-state index in [0.29, 0.717) is 5.75 Å². The van der Waals surface area contributed by atoms with Gasteiger partial charge in [-0.3, -0.25) is 14.5 Å². The maximum atomic E-state index is 10.8. The van der Waals surface area contributed by atoms with Gasteiger partial charge in [0.25, 0.3) is 0 Å². The first kappa shape index (κ1) is 15.0. The lowest BCUT2D eigenvalue weighted by atomic mass is 10.1. The lowest BCUT2D eigenvalue weighted by molar-refractivity contribution is -0.142. The van der Waals surface area contributed by atoms with E-state index in [-0.39, 0.29) is 19.1 Å². The molecule has 1 unspecified atom stereocenters. The van der Waals surface area contributed by atoms with Crippen LogP contribution in [0.15, 0.2) is 24.3 Å². The molecule has 0 bridgehead atoms. The maximum Gasteiger partial charge on any atom is 0.317 e. The third-order valence-electron chi connectivity index (χ3n) is 2.80. The van der Waals surface area contributed by atoms with E-state index in [1.54, 1.807) is 25.1 Å². The predicted molar refractivity (Wildman–Crippen MR) is 68.3 cm³/mol. The molecule has 0 amide bonds. The zero-order valence-corrected chi connectivity index (χ0v) is 10.9. The number of aliphatic carboxylic acids is 2. The van der Waals surface area contributed by atoms with Crippen LogP contribution in [0, 0.1) is 0 Å². The van der Waals surface area contributed by atoms with E-state index in [1.807, 2.05) is 6.07 Å². The second-order valence-corrected chi connectivity index (χ2v) is 4.15. The monoisotopic (exact) mass is 267 g/mol. The van der Waals surface area contributed by atoms with Crippen LogP contribution in [0.4, 0.5) is 0 Å². The molecule has 2 N–H and O–H groups in total. The molecule has 104 valence electrons. The van der Waals surface area contributed by atoms with E-state index in [1.165, 1.54) is 12.0 Å². The number of methoxy groups -OCH3 is 1. The van der Waals surface area contributed by atoms with Gasteiger partial charge in [-0.05, 0) is 24.6 Å². The van der Waals surface area contributed by atoms with Crippen LogP contribution in [-0.4, -0.2) is 47.3 Å². The molecule has 0 saturated carbocycles. The molecule has 1 atom stereocenters. The molecule has 1 aromatic carbocycles. The van der Waals surface area contributed by atoms with Gasteiger partial charge in [-0.1, -0.05) is 12.1 Å². The van der Waals surface area contributed by atoms with E-state index in [2.05, 4.69) is 0 Å². The zero-order chi connectivity index (χ0) is 14.4. The number of hydrogen-bond donors (Lipinski definition) is 2. The number of carboxylic acids is 2. The molecule has 1 aromatic rings. The van der Waals surface area contributed by atoms with Gasteiger partial charge in [0.2, 0.25) is 0 Å². The largest absolute Gasteiger partial charge is 0.497 e. The van der Waals surface area contributed by atoms with Gasteiger partial charge in [0.15, 0.2) is 0 Å². The summed E-state index contributed by atoms with van der Waals surface area (Å²) in [6, 6.07) is 6.80. The minimum Gasteiger partial charge on any atom is -0.497 e. The van der Waals surface area contributed by atoms with Crippen molar-refractivity contribution in [3.63, 3.8) is 0 Å². The Bertz CT molecular complexity index is 444. The van der Waals surface area contributed by atoms with Crippen LogP contribution in [-0.2, 0) is 9.59 Å². The maximum absolute atomic E-state index is 10.8. The van der Waals surface area contributed by atoms with E-state index < -0.39 is 11.9 Å². The van der Waals surface area contributed by atoms with Crippen LogP contribution >= 0.6 is 0 Å². The fraction of sp³-hybridized carbons (Fsp3) is 0.385. The number of carbonyl (C=O) groups is 2. The molecule has 0 fully saturated rings. The van der Waals surface area contributed by atoms with E-state index in [0.717, 1.165) is 5.56 Å². The summed E-state index contributed by atoms with van der Waals surface area (Å²) in [5, 5.41) is 17.7. The smallest absolute Gasteiger partial charge is 0.317 e. The predicted octanol–water partition coefficient (Wildman–Crippen LogP) is 1.23. The van der Waals surface area contributed by atoms with Gasteiger partial charge in [0.1, 0.15) is 5.75 Å². The fourth-order valence-corrected chi connectivity index (χ4v) is 1.79. The highest BCUT2D eigenvalue weighted by molar-refractivity contribution is 5.72. The van der Waals surface area contributed by atoms with Gasteiger partial charge in [-0.15, -0.1) is 0 Å². The van der Waals surface area contributed by atoms with Crippen molar-refractivity contribution >= 4 is 11.9 Å². The highest BCUT2D eigenvalue weighted by atomic mass is 16.5. The van der Waals surface area contributed by atoms with Crippen molar-refractivity contribution in [3.05, 3.63) is 29.8 Å². The number of rotatable bonds is 7. The van der Waals surface area contributed by atoms with Crippen LogP contribution in [0.1, 0.15) is 18.5 Å². The Labute approximate surface area is 111 Å². The second kappa shape index (κ2) is 6.75. The Morgan fingerprint density at radius 3 is 2.32 bits per heavy atom. The topological polar surface area (TPSA) is 87.1 Å². The Morgan fingerprint density at radius 1 is 1.26 bits per heavy atom. The van der Waals surface area contributed by atoms with Crippen LogP contribution in [0.3, 0.4) is 0 Å². The standard InChI is InChI=1S/C13H17NO5/c1-9(10-4-3-5-11(6-10)19-2)14(7-12(15)16)8-13(17)18/h3-6,9H,7-8H2,1-2H3,(H,15,16)(H,17,18). The Balaban J connectivity index is 2.92. The molecule has 0 spiro atoms. The minimum absolute atomic E-state index is 0.329. The molecule has 0 heterocycles. The number of hydrogen-bond acceptors (Lipinski definition) is 4. The Hall–Kier alpha value is -2.08. The van der Waals surface area contributed by atoms with E-state index >= 15 is 0 Å². The molecule has 0 saturated heterocycles. The first-order valence-corrected chi connectivity index (χ1v) is 5.75. The third-order valence-corrected chi connectivity index (χ3v) is 2.80. The fourth-order valence-electron chi connectivity index (χ4n) is 1.79. The van der Waals surface area contributed by atoms with Crippen molar-refractivity contribution in [1.29, 1.82) is 0 Å². The minimum atomic E-state index is -1.06. The average molecular weight is 267 g/mol. The zero-order valence-electron chi connectivity index (χ0n) is 10.9. The van der Waals surface area contributed by atoms with Crippen LogP contribution in [0.5, 0.6) is 5.75 Å². The molecule has 1 rings (SSSR count). The van der Waals surface area contributed by atoms with E-state index in [9.17, 15) is 9.59 Å². The second-order valence-electron chi connectivity index (χ2n) is 4.15. The van der Waals surface area contributed by atoms with Crippen LogP contribution < -0.4 is 4.74 Å². The summed E-state index contributed by atoms with van der Waals surface area (Å²) in [4.78, 5) is 23.0. The molecule has 19 heavy (non-hydrogen) atoms. The van der Waals surface area contributed by atoms with Gasteiger partial charge in [-0.2, -0.15) is 0 Å². The van der Waals surface area contributed by atoms with Gasteiger partial charge in [-0.25, -0.2) is 0 Å². The van der Waals surface area contributed by atoms with Gasteiger partial charge < -0.3 is 14.9 Å². The van der Waals surface area contributed by atoms with Crippen molar-refractivity contribution in [2.75, 3.05) is 20.2 Å². The van der Waals surface area contributed by atoms with Crippen LogP contribution in [0.2, 0.25) is 0 Å². The first-order chi connectivity index (χ1) is 8.93. The number of ether oxygens (including phenoxy) is 1. The molecular formula is C13H17NO5. The molecule has 0 aliphatic carbocycles. The lowest BCUT2D eigenvalue weighted by Crippen LogP contribution is -2.36. The van der Waals surface area contributed by atoms with Crippen molar-refractivity contribution in [2.45, 2.75) is 13.0 Å². The molecule has 0 aliphatic rings. The summed E-state index contributed by atoms with van der Waals surface area (Å²) < 4.78 is 5.10. The first-order valence-electron chi connectivity index (χ1n) is 5.75. The molecular weight excluding hydrogens is 250 g/mol. The summed E-state index contributed by atoms with van der Waals surface area (Å²) in [5.41, 5.74) is 0.807. The Morgan fingerprint density at radius 2 is 1.84 bits per heavy atom. The summed E-state index contributed by atoms with van der Waals surface area (Å²) in [6.07, 6.45) is 0. The third kappa shape index (κ3) is 4.59. The SMILES string of the molecule is COc1cccc(C(C)N(CC(=O)O)CC(=O)O)c1. The molecule has 6 heteroatoms. The van der Waals surface area contributed by atoms with Crippen molar-refractivity contribution < 1.29 is 24.5 Å². The normalized spacial score (nSPS) is 12.2. The van der Waals surface area contributed by atoms with Crippen molar-refractivity contribution in [3.8, 4) is 5.75 Å². The number of nitrogens with zero attached hydrogens (tertiary/aromatic N) is 1. The van der Waals surface area contributed by atoms with Gasteiger partial charge in [0.05, 0.1) is 20.2 Å². The molecule has 6 nitrogen and oxygen atoms in total. The summed E-state index contributed by atoms with van der Waals surface area (Å²) in [5.74, 6) is -1.47. The summed E-state index contributed by atoms with van der Waals surface area (Å²) >= 11 is 0. The lowest BCUT2D eigenvalue weighted by Gasteiger charge is -2.26. The highest BCUT2D eigenvalue weighted by Gasteiger charge is 2.21. The van der Waals surface area contributed by atoms with Crippen LogP contribution in [0.25, 0.3) is 0 Å². The quantitative estimate of drug-likeness (QED) is 0.772. The van der Waals surface area contributed by atoms with Gasteiger partial charge >= 0.3 is 11.9 Å². The number of benzene rings is 1. The van der Waals surface area contributed by atoms with Crippen molar-refractivity contribution in [2.24, 2.45) is 0 Å². The molecule has 0 aliphatic heterocycles. The number of carboxylic acid groups (broad SMARTS) is 2. The van der Waals surface area contributed by atoms with Crippen molar-refractivity contribution in [1.82, 2.24) is 4.90 Å². The molecule has 0 radical (unpaired) electrons.